The Morgan fingerprint density at radius 2 is 2.12 bits per heavy atom. The van der Waals surface area contributed by atoms with Crippen LogP contribution in [0.2, 0.25) is 0 Å². The summed E-state index contributed by atoms with van der Waals surface area (Å²) in [6.45, 7) is 7.86. The second-order valence-corrected chi connectivity index (χ2v) is 5.59. The Kier molecular flexibility index (Phi) is 2.67. The van der Waals surface area contributed by atoms with Crippen molar-refractivity contribution in [1.29, 1.82) is 0 Å². The minimum Gasteiger partial charge on any atom is -0.481 e. The van der Waals surface area contributed by atoms with Crippen molar-refractivity contribution < 1.29 is 9.90 Å². The zero-order chi connectivity index (χ0) is 12.8. The van der Waals surface area contributed by atoms with Crippen molar-refractivity contribution in [2.24, 2.45) is 11.3 Å². The number of carboxylic acids is 1. The fourth-order valence-electron chi connectivity index (χ4n) is 2.05. The summed E-state index contributed by atoms with van der Waals surface area (Å²) < 4.78 is 1.66. The van der Waals surface area contributed by atoms with Crippen LogP contribution in [-0.2, 0) is 4.79 Å². The molecule has 6 heteroatoms. The second-order valence-electron chi connectivity index (χ2n) is 5.59. The Morgan fingerprint density at radius 1 is 1.53 bits per heavy atom. The molecule has 3 unspecified atom stereocenters. The van der Waals surface area contributed by atoms with Gasteiger partial charge >= 0.3 is 5.97 Å². The quantitative estimate of drug-likeness (QED) is 0.859. The van der Waals surface area contributed by atoms with Crippen molar-refractivity contribution in [1.82, 2.24) is 20.2 Å². The molecule has 2 rings (SSSR count). The Bertz CT molecular complexity index is 440. The highest BCUT2D eigenvalue weighted by Crippen LogP contribution is 2.58. The predicted molar refractivity (Wildman–Crippen MR) is 60.5 cm³/mol. The van der Waals surface area contributed by atoms with Crippen molar-refractivity contribution in [3.8, 4) is 0 Å². The van der Waals surface area contributed by atoms with Crippen LogP contribution >= 0.6 is 0 Å². The van der Waals surface area contributed by atoms with E-state index in [9.17, 15) is 4.79 Å². The first kappa shape index (κ1) is 12.0. The van der Waals surface area contributed by atoms with E-state index >= 15 is 0 Å². The highest BCUT2D eigenvalue weighted by molar-refractivity contribution is 5.70. The molecule has 1 N–H and O–H groups in total. The molecule has 1 saturated carbocycles. The van der Waals surface area contributed by atoms with E-state index in [-0.39, 0.29) is 11.5 Å². The van der Waals surface area contributed by atoms with Gasteiger partial charge in [0.25, 0.3) is 0 Å². The molecule has 1 aliphatic rings. The minimum absolute atomic E-state index is 0.228. The molecule has 0 aliphatic heterocycles. The molecule has 1 aliphatic carbocycles. The molecule has 94 valence electrons. The minimum atomic E-state index is -0.825. The Morgan fingerprint density at radius 3 is 2.59 bits per heavy atom. The first-order chi connectivity index (χ1) is 7.84. The molecule has 1 fully saturated rings. The van der Waals surface area contributed by atoms with E-state index in [1.54, 1.807) is 11.6 Å². The molecule has 1 aromatic rings. The summed E-state index contributed by atoms with van der Waals surface area (Å²) in [5, 5.41) is 20.7. The number of carboxylic acid groups (broad SMARTS) is 1. The normalized spacial score (nSPS) is 25.3. The fourth-order valence-corrected chi connectivity index (χ4v) is 2.05. The van der Waals surface area contributed by atoms with Gasteiger partial charge in [0, 0.05) is 5.92 Å². The topological polar surface area (TPSA) is 80.9 Å². The van der Waals surface area contributed by atoms with Crippen LogP contribution in [-0.4, -0.2) is 31.3 Å². The van der Waals surface area contributed by atoms with Crippen LogP contribution in [0.15, 0.2) is 0 Å². The van der Waals surface area contributed by atoms with E-state index in [4.69, 9.17) is 5.11 Å². The standard InChI is InChI=1S/C11H18N4O2/c1-6(10(16)17)7(2)15-9(12-13-14-15)8-5-11(8,3)4/h6-8H,5H2,1-4H3,(H,16,17). The van der Waals surface area contributed by atoms with E-state index in [1.165, 1.54) is 0 Å². The van der Waals surface area contributed by atoms with Crippen LogP contribution < -0.4 is 0 Å². The van der Waals surface area contributed by atoms with Crippen LogP contribution in [0.1, 0.15) is 51.9 Å². The molecule has 1 aromatic heterocycles. The van der Waals surface area contributed by atoms with Gasteiger partial charge in [0.05, 0.1) is 12.0 Å². The maximum atomic E-state index is 11.0. The molecule has 0 aromatic carbocycles. The Labute approximate surface area is 100 Å². The highest BCUT2D eigenvalue weighted by Gasteiger charge is 2.50. The van der Waals surface area contributed by atoms with Gasteiger partial charge in [-0.3, -0.25) is 4.79 Å². The van der Waals surface area contributed by atoms with E-state index in [0.717, 1.165) is 12.2 Å². The maximum absolute atomic E-state index is 11.0. The van der Waals surface area contributed by atoms with E-state index in [1.807, 2.05) is 6.92 Å². The molecule has 0 radical (unpaired) electrons. The number of tetrazole rings is 1. The number of aromatic nitrogens is 4. The van der Waals surface area contributed by atoms with Crippen molar-refractivity contribution >= 4 is 5.97 Å². The second kappa shape index (κ2) is 3.78. The number of carbonyl (C=O) groups is 1. The van der Waals surface area contributed by atoms with Crippen molar-refractivity contribution in [3.05, 3.63) is 5.82 Å². The molecule has 1 heterocycles. The summed E-state index contributed by atoms with van der Waals surface area (Å²) in [7, 11) is 0. The number of hydrogen-bond acceptors (Lipinski definition) is 4. The molecule has 0 spiro atoms. The SMILES string of the molecule is CC(C(=O)O)C(C)n1nnnc1C1CC1(C)C. The molecule has 0 bridgehead atoms. The van der Waals surface area contributed by atoms with Gasteiger partial charge in [-0.1, -0.05) is 13.8 Å². The lowest BCUT2D eigenvalue weighted by atomic mass is 10.0. The lowest BCUT2D eigenvalue weighted by Gasteiger charge is -2.17. The molecule has 3 atom stereocenters. The summed E-state index contributed by atoms with van der Waals surface area (Å²) in [5.41, 5.74) is 0.235. The number of rotatable bonds is 4. The monoisotopic (exact) mass is 238 g/mol. The van der Waals surface area contributed by atoms with E-state index in [2.05, 4.69) is 29.4 Å². The summed E-state index contributed by atoms with van der Waals surface area (Å²) >= 11 is 0. The number of aliphatic carboxylic acids is 1. The Balaban J connectivity index is 2.23. The number of nitrogens with zero attached hydrogens (tertiary/aromatic N) is 4. The van der Waals surface area contributed by atoms with Crippen molar-refractivity contribution in [2.75, 3.05) is 0 Å². The molecular weight excluding hydrogens is 220 g/mol. The number of hydrogen-bond donors (Lipinski definition) is 1. The third-order valence-electron chi connectivity index (χ3n) is 3.84. The molecule has 0 amide bonds. The van der Waals surface area contributed by atoms with Gasteiger partial charge in [0.1, 0.15) is 0 Å². The van der Waals surface area contributed by atoms with Gasteiger partial charge in [-0.05, 0) is 36.1 Å². The fraction of sp³-hybridized carbons (Fsp3) is 0.818. The van der Waals surface area contributed by atoms with Crippen LogP contribution in [0.4, 0.5) is 0 Å². The summed E-state index contributed by atoms with van der Waals surface area (Å²) in [6, 6.07) is -0.228. The molecule has 6 nitrogen and oxygen atoms in total. The zero-order valence-corrected chi connectivity index (χ0v) is 10.6. The molecular formula is C11H18N4O2. The first-order valence-electron chi connectivity index (χ1n) is 5.85. The van der Waals surface area contributed by atoms with Gasteiger partial charge in [-0.15, -0.1) is 5.10 Å². The molecule has 0 saturated heterocycles. The van der Waals surface area contributed by atoms with Crippen molar-refractivity contribution in [2.45, 2.75) is 46.1 Å². The average molecular weight is 238 g/mol. The highest BCUT2D eigenvalue weighted by atomic mass is 16.4. The lowest BCUT2D eigenvalue weighted by Crippen LogP contribution is -2.24. The smallest absolute Gasteiger partial charge is 0.308 e. The van der Waals surface area contributed by atoms with Crippen LogP contribution in [0, 0.1) is 11.3 Å². The third kappa shape index (κ3) is 2.03. The largest absolute Gasteiger partial charge is 0.481 e. The van der Waals surface area contributed by atoms with Crippen LogP contribution in [0.3, 0.4) is 0 Å². The molecule has 17 heavy (non-hydrogen) atoms. The van der Waals surface area contributed by atoms with Crippen LogP contribution in [0.25, 0.3) is 0 Å². The Hall–Kier alpha value is -1.46. The van der Waals surface area contributed by atoms with Gasteiger partial charge in [-0.2, -0.15) is 0 Å². The van der Waals surface area contributed by atoms with Gasteiger partial charge in [0.2, 0.25) is 0 Å². The van der Waals surface area contributed by atoms with Gasteiger partial charge in [-0.25, -0.2) is 4.68 Å². The first-order valence-corrected chi connectivity index (χ1v) is 5.85. The van der Waals surface area contributed by atoms with Gasteiger partial charge in [0.15, 0.2) is 5.82 Å². The summed E-state index contributed by atoms with van der Waals surface area (Å²) in [6.07, 6.45) is 1.06. The zero-order valence-electron chi connectivity index (χ0n) is 10.6. The average Bonchev–Trinajstić information content (AvgIpc) is 2.70. The third-order valence-corrected chi connectivity index (χ3v) is 3.84. The summed E-state index contributed by atoms with van der Waals surface area (Å²) in [4.78, 5) is 11.0. The maximum Gasteiger partial charge on any atom is 0.308 e. The predicted octanol–water partition coefficient (Wildman–Crippen LogP) is 1.47. The van der Waals surface area contributed by atoms with Gasteiger partial charge < -0.3 is 5.11 Å². The van der Waals surface area contributed by atoms with Crippen LogP contribution in [0.5, 0.6) is 0 Å². The lowest BCUT2D eigenvalue weighted by molar-refractivity contribution is -0.142. The summed E-state index contributed by atoms with van der Waals surface area (Å²) in [5.74, 6) is -0.162. The van der Waals surface area contributed by atoms with E-state index in [0.29, 0.717) is 5.92 Å². The van der Waals surface area contributed by atoms with E-state index < -0.39 is 11.9 Å². The van der Waals surface area contributed by atoms with Crippen molar-refractivity contribution in [3.63, 3.8) is 0 Å².